The summed E-state index contributed by atoms with van der Waals surface area (Å²) in [5, 5.41) is 5.50. The Morgan fingerprint density at radius 2 is 2.32 bits per heavy atom. The zero-order chi connectivity index (χ0) is 14.7. The number of nitrogens with zero attached hydrogens (tertiary/aromatic N) is 2. The van der Waals surface area contributed by atoms with Gasteiger partial charge in [0.25, 0.3) is 0 Å². The van der Waals surface area contributed by atoms with Crippen molar-refractivity contribution < 1.29 is 0 Å². The van der Waals surface area contributed by atoms with Crippen LogP contribution in [0.3, 0.4) is 0 Å². The highest BCUT2D eigenvalue weighted by Gasteiger charge is 2.24. The van der Waals surface area contributed by atoms with Crippen molar-refractivity contribution in [1.82, 2.24) is 15.2 Å². The van der Waals surface area contributed by atoms with E-state index >= 15 is 0 Å². The second kappa shape index (κ2) is 8.27. The molecular weight excluding hydrogens is 337 g/mol. The number of rotatable bonds is 4. The molecular formula is C16H21Cl2N3S. The highest BCUT2D eigenvalue weighted by molar-refractivity contribution is 7.11. The lowest BCUT2D eigenvalue weighted by atomic mass is 10.0. The Morgan fingerprint density at radius 3 is 3.05 bits per heavy atom. The van der Waals surface area contributed by atoms with E-state index in [9.17, 15) is 0 Å². The van der Waals surface area contributed by atoms with Crippen LogP contribution in [0.25, 0.3) is 0 Å². The minimum Gasteiger partial charge on any atom is -0.314 e. The number of aryl methyl sites for hydroxylation is 1. The van der Waals surface area contributed by atoms with Crippen LogP contribution in [0.1, 0.15) is 28.4 Å². The van der Waals surface area contributed by atoms with Gasteiger partial charge in [0, 0.05) is 41.8 Å². The topological polar surface area (TPSA) is 28.2 Å². The molecule has 1 aliphatic rings. The molecule has 0 spiro atoms. The SMILES string of the molecule is CCc1cnc(CN2CCNCC2c2cccc(Cl)c2)s1.Cl. The molecule has 3 nitrogen and oxygen atoms in total. The minimum absolute atomic E-state index is 0. The van der Waals surface area contributed by atoms with Crippen molar-refractivity contribution in [2.75, 3.05) is 19.6 Å². The third kappa shape index (κ3) is 4.21. The van der Waals surface area contributed by atoms with E-state index < -0.39 is 0 Å². The maximum absolute atomic E-state index is 6.14. The van der Waals surface area contributed by atoms with Gasteiger partial charge in [-0.25, -0.2) is 4.98 Å². The number of nitrogens with one attached hydrogen (secondary N) is 1. The maximum Gasteiger partial charge on any atom is 0.107 e. The van der Waals surface area contributed by atoms with Crippen molar-refractivity contribution in [1.29, 1.82) is 0 Å². The van der Waals surface area contributed by atoms with Gasteiger partial charge in [0.1, 0.15) is 5.01 Å². The molecule has 0 aliphatic carbocycles. The second-order valence-electron chi connectivity index (χ2n) is 5.32. The fourth-order valence-corrected chi connectivity index (χ4v) is 3.82. The highest BCUT2D eigenvalue weighted by Crippen LogP contribution is 2.27. The Hall–Kier alpha value is -0.650. The first-order valence-corrected chi connectivity index (χ1v) is 8.59. The van der Waals surface area contributed by atoms with Gasteiger partial charge in [-0.15, -0.1) is 23.7 Å². The third-order valence-corrected chi connectivity index (χ3v) is 5.24. The molecule has 3 rings (SSSR count). The van der Waals surface area contributed by atoms with Gasteiger partial charge in [-0.1, -0.05) is 30.7 Å². The molecule has 1 aromatic heterocycles. The van der Waals surface area contributed by atoms with Gasteiger partial charge in [-0.05, 0) is 24.1 Å². The van der Waals surface area contributed by atoms with E-state index in [0.717, 1.165) is 37.6 Å². The molecule has 1 saturated heterocycles. The molecule has 2 aromatic rings. The van der Waals surface area contributed by atoms with Crippen LogP contribution in [0.15, 0.2) is 30.5 Å². The molecule has 0 radical (unpaired) electrons. The van der Waals surface area contributed by atoms with Crippen LogP contribution in [0, 0.1) is 0 Å². The Labute approximate surface area is 147 Å². The fourth-order valence-electron chi connectivity index (χ4n) is 2.74. The molecule has 1 aliphatic heterocycles. The largest absolute Gasteiger partial charge is 0.314 e. The zero-order valence-corrected chi connectivity index (χ0v) is 15.0. The molecule has 0 amide bonds. The summed E-state index contributed by atoms with van der Waals surface area (Å²) in [5.74, 6) is 0. The number of piperazine rings is 1. The van der Waals surface area contributed by atoms with Gasteiger partial charge in [0.15, 0.2) is 0 Å². The average Bonchev–Trinajstić information content (AvgIpc) is 2.95. The molecule has 1 unspecified atom stereocenters. The molecule has 0 bridgehead atoms. The van der Waals surface area contributed by atoms with Gasteiger partial charge in [-0.2, -0.15) is 0 Å². The highest BCUT2D eigenvalue weighted by atomic mass is 35.5. The number of halogens is 2. The Morgan fingerprint density at radius 1 is 1.45 bits per heavy atom. The lowest BCUT2D eigenvalue weighted by Crippen LogP contribution is -2.45. The van der Waals surface area contributed by atoms with E-state index in [2.05, 4.69) is 34.3 Å². The van der Waals surface area contributed by atoms with E-state index in [0.29, 0.717) is 6.04 Å². The van der Waals surface area contributed by atoms with E-state index in [1.165, 1.54) is 15.4 Å². The summed E-state index contributed by atoms with van der Waals surface area (Å²) >= 11 is 7.97. The third-order valence-electron chi connectivity index (χ3n) is 3.88. The van der Waals surface area contributed by atoms with E-state index in [1.807, 2.05) is 29.7 Å². The van der Waals surface area contributed by atoms with Crippen molar-refractivity contribution in [2.45, 2.75) is 25.9 Å². The van der Waals surface area contributed by atoms with Crippen LogP contribution in [-0.2, 0) is 13.0 Å². The lowest BCUT2D eigenvalue weighted by Gasteiger charge is -2.36. The monoisotopic (exact) mass is 357 g/mol. The van der Waals surface area contributed by atoms with Crippen molar-refractivity contribution in [3.63, 3.8) is 0 Å². The molecule has 120 valence electrons. The van der Waals surface area contributed by atoms with Crippen LogP contribution in [0.4, 0.5) is 0 Å². The number of benzene rings is 1. The van der Waals surface area contributed by atoms with E-state index in [1.54, 1.807) is 0 Å². The molecule has 1 fully saturated rings. The first kappa shape index (κ1) is 17.7. The van der Waals surface area contributed by atoms with Crippen LogP contribution >= 0.6 is 35.3 Å². The smallest absolute Gasteiger partial charge is 0.107 e. The average molecular weight is 358 g/mol. The van der Waals surface area contributed by atoms with Crippen molar-refractivity contribution in [3.05, 3.63) is 50.9 Å². The first-order valence-electron chi connectivity index (χ1n) is 7.40. The summed E-state index contributed by atoms with van der Waals surface area (Å²) in [4.78, 5) is 8.42. The molecule has 1 N–H and O–H groups in total. The predicted octanol–water partition coefficient (Wildman–Crippen LogP) is 3.93. The van der Waals surface area contributed by atoms with Crippen molar-refractivity contribution in [3.8, 4) is 0 Å². The summed E-state index contributed by atoms with van der Waals surface area (Å²) in [6.07, 6.45) is 3.08. The normalized spacial score (nSPS) is 18.9. The number of thiazole rings is 1. The van der Waals surface area contributed by atoms with Gasteiger partial charge in [0.05, 0.1) is 6.54 Å². The van der Waals surface area contributed by atoms with E-state index in [4.69, 9.17) is 11.6 Å². The summed E-state index contributed by atoms with van der Waals surface area (Å²) in [6.45, 7) is 6.13. The number of aromatic nitrogens is 1. The lowest BCUT2D eigenvalue weighted by molar-refractivity contribution is 0.153. The fraction of sp³-hybridized carbons (Fsp3) is 0.438. The summed E-state index contributed by atoms with van der Waals surface area (Å²) < 4.78 is 0. The summed E-state index contributed by atoms with van der Waals surface area (Å²) in [6, 6.07) is 8.57. The molecule has 22 heavy (non-hydrogen) atoms. The summed E-state index contributed by atoms with van der Waals surface area (Å²) in [5.41, 5.74) is 1.28. The van der Waals surface area contributed by atoms with Gasteiger partial charge >= 0.3 is 0 Å². The van der Waals surface area contributed by atoms with Gasteiger partial charge in [-0.3, -0.25) is 4.90 Å². The number of hydrogen-bond acceptors (Lipinski definition) is 4. The van der Waals surface area contributed by atoms with Gasteiger partial charge in [0.2, 0.25) is 0 Å². The molecule has 0 saturated carbocycles. The predicted molar refractivity (Wildman–Crippen MR) is 96.2 cm³/mol. The number of hydrogen-bond donors (Lipinski definition) is 1. The van der Waals surface area contributed by atoms with Crippen molar-refractivity contribution in [2.24, 2.45) is 0 Å². The molecule has 1 aromatic carbocycles. The van der Waals surface area contributed by atoms with Crippen molar-refractivity contribution >= 4 is 35.3 Å². The first-order chi connectivity index (χ1) is 10.3. The standard InChI is InChI=1S/C16H20ClN3S.ClH/c1-2-14-9-19-16(21-14)11-20-7-6-18-10-15(20)12-4-3-5-13(17)8-12;/h3-5,8-9,15,18H,2,6-7,10-11H2,1H3;1H. The molecule has 2 heterocycles. The Kier molecular flexibility index (Phi) is 6.66. The van der Waals surface area contributed by atoms with E-state index in [-0.39, 0.29) is 12.4 Å². The Bertz CT molecular complexity index is 603. The minimum atomic E-state index is 0. The quantitative estimate of drug-likeness (QED) is 0.898. The molecule has 6 heteroatoms. The molecule has 1 atom stereocenters. The van der Waals surface area contributed by atoms with Crippen LogP contribution < -0.4 is 5.32 Å². The maximum atomic E-state index is 6.14. The summed E-state index contributed by atoms with van der Waals surface area (Å²) in [7, 11) is 0. The van der Waals surface area contributed by atoms with Crippen LogP contribution in [-0.4, -0.2) is 29.5 Å². The van der Waals surface area contributed by atoms with Crippen LogP contribution in [0.2, 0.25) is 5.02 Å². The second-order valence-corrected chi connectivity index (χ2v) is 6.96. The zero-order valence-electron chi connectivity index (χ0n) is 12.6. The van der Waals surface area contributed by atoms with Gasteiger partial charge < -0.3 is 5.32 Å². The Balaban J connectivity index is 0.00000176. The van der Waals surface area contributed by atoms with Crippen LogP contribution in [0.5, 0.6) is 0 Å².